The highest BCUT2D eigenvalue weighted by Crippen LogP contribution is 2.35. The zero-order chi connectivity index (χ0) is 17.6. The van der Waals surface area contributed by atoms with Crippen LogP contribution in [0.5, 0.6) is 0 Å². The fourth-order valence-electron chi connectivity index (χ4n) is 3.35. The molecule has 0 spiro atoms. The van der Waals surface area contributed by atoms with Crippen molar-refractivity contribution in [2.75, 3.05) is 24.6 Å². The number of benzene rings is 1. The highest BCUT2D eigenvalue weighted by atomic mass is 32.2. The Morgan fingerprint density at radius 1 is 1.08 bits per heavy atom. The van der Waals surface area contributed by atoms with Crippen LogP contribution in [0, 0.1) is 5.92 Å². The Morgan fingerprint density at radius 2 is 1.76 bits per heavy atom. The molecule has 2 aromatic rings. The topological polar surface area (TPSA) is 76.5 Å². The quantitative estimate of drug-likeness (QED) is 0.774. The molecule has 1 aromatic heterocycles. The van der Waals surface area contributed by atoms with Gasteiger partial charge in [-0.1, -0.05) is 18.2 Å². The predicted octanol–water partition coefficient (Wildman–Crippen LogP) is 1.49. The monoisotopic (exact) mass is 360 g/mol. The second-order valence-electron chi connectivity index (χ2n) is 6.86. The van der Waals surface area contributed by atoms with Gasteiger partial charge >= 0.3 is 0 Å². The first kappa shape index (κ1) is 16.3. The van der Waals surface area contributed by atoms with E-state index in [4.69, 9.17) is 0 Å². The van der Waals surface area contributed by atoms with Crippen molar-refractivity contribution < 1.29 is 18.0 Å². The standard InChI is InChI=1S/C18H20N2O4S/c21-17(19-7-9-25(23,24)10-8-19)12-20-11-15(18(22)13-5-6-13)14-3-1-2-4-16(14)20/h1-4,11,13H,5-10,12H2. The van der Waals surface area contributed by atoms with Crippen molar-refractivity contribution in [3.63, 3.8) is 0 Å². The van der Waals surface area contributed by atoms with Crippen LogP contribution in [0.4, 0.5) is 0 Å². The minimum Gasteiger partial charge on any atom is -0.339 e. The second kappa shape index (κ2) is 5.98. The summed E-state index contributed by atoms with van der Waals surface area (Å²) in [6, 6.07) is 7.61. The van der Waals surface area contributed by atoms with Crippen LogP contribution in [0.3, 0.4) is 0 Å². The maximum Gasteiger partial charge on any atom is 0.242 e. The van der Waals surface area contributed by atoms with E-state index in [1.807, 2.05) is 28.8 Å². The number of ketones is 1. The van der Waals surface area contributed by atoms with Crippen LogP contribution in [0.15, 0.2) is 30.5 Å². The van der Waals surface area contributed by atoms with Gasteiger partial charge in [-0.3, -0.25) is 9.59 Å². The molecule has 4 rings (SSSR count). The smallest absolute Gasteiger partial charge is 0.242 e. The molecule has 0 unspecified atom stereocenters. The minimum absolute atomic E-state index is 0.0244. The van der Waals surface area contributed by atoms with Gasteiger partial charge in [0, 0.05) is 41.7 Å². The normalized spacial score (nSPS) is 19.9. The number of rotatable bonds is 4. The Labute approximate surface area is 146 Å². The number of carbonyl (C=O) groups excluding carboxylic acids is 2. The summed E-state index contributed by atoms with van der Waals surface area (Å²) in [4.78, 5) is 26.7. The Kier molecular flexibility index (Phi) is 3.91. The number of hydrogen-bond acceptors (Lipinski definition) is 4. The van der Waals surface area contributed by atoms with E-state index in [-0.39, 0.29) is 48.7 Å². The molecule has 1 aromatic carbocycles. The average molecular weight is 360 g/mol. The van der Waals surface area contributed by atoms with E-state index in [0.29, 0.717) is 5.56 Å². The molecule has 1 aliphatic heterocycles. The van der Waals surface area contributed by atoms with E-state index in [0.717, 1.165) is 23.7 Å². The molecule has 2 aliphatic rings. The molecule has 132 valence electrons. The fraction of sp³-hybridized carbons (Fsp3) is 0.444. The summed E-state index contributed by atoms with van der Waals surface area (Å²) in [6.07, 6.45) is 3.67. The summed E-state index contributed by atoms with van der Waals surface area (Å²) in [5, 5.41) is 0.883. The molecule has 0 atom stereocenters. The predicted molar refractivity (Wildman–Crippen MR) is 94.2 cm³/mol. The molecule has 6 nitrogen and oxygen atoms in total. The van der Waals surface area contributed by atoms with Gasteiger partial charge < -0.3 is 9.47 Å². The summed E-state index contributed by atoms with van der Waals surface area (Å²) in [5.74, 6) is 0.225. The molecule has 0 bridgehead atoms. The highest BCUT2D eigenvalue weighted by molar-refractivity contribution is 7.91. The lowest BCUT2D eigenvalue weighted by Gasteiger charge is -2.27. The van der Waals surface area contributed by atoms with E-state index in [9.17, 15) is 18.0 Å². The summed E-state index contributed by atoms with van der Waals surface area (Å²) in [7, 11) is -3.01. The van der Waals surface area contributed by atoms with E-state index in [1.165, 1.54) is 0 Å². The second-order valence-corrected chi connectivity index (χ2v) is 9.16. The minimum atomic E-state index is -3.01. The molecule has 1 aliphatic carbocycles. The van der Waals surface area contributed by atoms with Crippen molar-refractivity contribution in [2.24, 2.45) is 5.92 Å². The van der Waals surface area contributed by atoms with Gasteiger partial charge in [0.25, 0.3) is 0 Å². The maximum absolute atomic E-state index is 12.6. The third kappa shape index (κ3) is 3.20. The van der Waals surface area contributed by atoms with Crippen molar-refractivity contribution in [3.8, 4) is 0 Å². The number of hydrogen-bond donors (Lipinski definition) is 0. The Bertz CT molecular complexity index is 943. The molecule has 1 amide bonds. The molecular formula is C18H20N2O4S. The van der Waals surface area contributed by atoms with Crippen LogP contribution < -0.4 is 0 Å². The number of fused-ring (bicyclic) bond motifs is 1. The van der Waals surface area contributed by atoms with Crippen LogP contribution in [0.25, 0.3) is 10.9 Å². The number of carbonyl (C=O) groups is 2. The van der Waals surface area contributed by atoms with Crippen molar-refractivity contribution in [1.82, 2.24) is 9.47 Å². The van der Waals surface area contributed by atoms with Gasteiger partial charge in [-0.2, -0.15) is 0 Å². The Hall–Kier alpha value is -2.15. The van der Waals surface area contributed by atoms with Crippen molar-refractivity contribution >= 4 is 32.4 Å². The third-order valence-electron chi connectivity index (χ3n) is 5.00. The van der Waals surface area contributed by atoms with Crippen molar-refractivity contribution in [3.05, 3.63) is 36.0 Å². The zero-order valence-electron chi connectivity index (χ0n) is 13.8. The first-order valence-corrected chi connectivity index (χ1v) is 10.4. The number of Topliss-reactive ketones (excluding diaryl/α,β-unsaturated/α-hetero) is 1. The zero-order valence-corrected chi connectivity index (χ0v) is 14.7. The van der Waals surface area contributed by atoms with Gasteiger partial charge in [0.2, 0.25) is 5.91 Å². The lowest BCUT2D eigenvalue weighted by atomic mass is 10.1. The molecule has 1 saturated heterocycles. The molecule has 7 heteroatoms. The van der Waals surface area contributed by atoms with E-state index >= 15 is 0 Å². The number of para-hydroxylation sites is 1. The Morgan fingerprint density at radius 3 is 2.44 bits per heavy atom. The molecule has 2 fully saturated rings. The van der Waals surface area contributed by atoms with Crippen LogP contribution >= 0.6 is 0 Å². The fourth-order valence-corrected chi connectivity index (χ4v) is 4.55. The molecule has 0 N–H and O–H groups in total. The number of sulfone groups is 1. The van der Waals surface area contributed by atoms with Crippen LogP contribution in [0.2, 0.25) is 0 Å². The lowest BCUT2D eigenvalue weighted by Crippen LogP contribution is -2.44. The molecule has 1 saturated carbocycles. The third-order valence-corrected chi connectivity index (χ3v) is 6.61. The van der Waals surface area contributed by atoms with Gasteiger partial charge in [0.1, 0.15) is 6.54 Å². The number of aromatic nitrogens is 1. The van der Waals surface area contributed by atoms with E-state index in [1.54, 1.807) is 11.1 Å². The van der Waals surface area contributed by atoms with Gasteiger partial charge in [-0.15, -0.1) is 0 Å². The average Bonchev–Trinajstić information content (AvgIpc) is 3.37. The molecule has 25 heavy (non-hydrogen) atoms. The van der Waals surface area contributed by atoms with Crippen LogP contribution in [0.1, 0.15) is 23.2 Å². The lowest BCUT2D eigenvalue weighted by molar-refractivity contribution is -0.131. The largest absolute Gasteiger partial charge is 0.339 e. The molecule has 0 radical (unpaired) electrons. The highest BCUT2D eigenvalue weighted by Gasteiger charge is 2.32. The molecule has 2 heterocycles. The van der Waals surface area contributed by atoms with E-state index < -0.39 is 9.84 Å². The summed E-state index contributed by atoms with van der Waals surface area (Å²) >= 11 is 0. The van der Waals surface area contributed by atoms with Gasteiger partial charge in [-0.25, -0.2) is 8.42 Å². The number of amides is 1. The SMILES string of the molecule is O=C(c1cn(CC(=O)N2CCS(=O)(=O)CC2)c2ccccc12)C1CC1. The molecular weight excluding hydrogens is 340 g/mol. The summed E-state index contributed by atoms with van der Waals surface area (Å²) in [6.45, 7) is 0.612. The van der Waals surface area contributed by atoms with Gasteiger partial charge in [0.15, 0.2) is 15.6 Å². The summed E-state index contributed by atoms with van der Waals surface area (Å²) in [5.41, 5.74) is 1.55. The van der Waals surface area contributed by atoms with Crippen LogP contribution in [-0.2, 0) is 21.2 Å². The number of nitrogens with zero attached hydrogens (tertiary/aromatic N) is 2. The maximum atomic E-state index is 12.6. The van der Waals surface area contributed by atoms with Crippen molar-refractivity contribution in [2.45, 2.75) is 19.4 Å². The van der Waals surface area contributed by atoms with Gasteiger partial charge in [0.05, 0.1) is 11.5 Å². The van der Waals surface area contributed by atoms with Gasteiger partial charge in [-0.05, 0) is 18.9 Å². The Balaban J connectivity index is 1.59. The summed E-state index contributed by atoms with van der Waals surface area (Å²) < 4.78 is 24.9. The van der Waals surface area contributed by atoms with E-state index in [2.05, 4.69) is 0 Å². The van der Waals surface area contributed by atoms with Crippen LogP contribution in [-0.4, -0.2) is 54.2 Å². The first-order valence-electron chi connectivity index (χ1n) is 8.55. The first-order chi connectivity index (χ1) is 11.9. The van der Waals surface area contributed by atoms with Crippen molar-refractivity contribution in [1.29, 1.82) is 0 Å².